The quantitative estimate of drug-likeness (QED) is 0.655. The predicted octanol–water partition coefficient (Wildman–Crippen LogP) is 2.51. The summed E-state index contributed by atoms with van der Waals surface area (Å²) < 4.78 is 0. The van der Waals surface area contributed by atoms with E-state index in [-0.39, 0.29) is 0 Å². The van der Waals surface area contributed by atoms with Gasteiger partial charge in [0.25, 0.3) is 0 Å². The van der Waals surface area contributed by atoms with Crippen LogP contribution in [0.3, 0.4) is 0 Å². The average Bonchev–Trinajstić information content (AvgIpc) is 2.25. The summed E-state index contributed by atoms with van der Waals surface area (Å²) >= 11 is 2.12. The molecule has 0 aromatic rings. The molecule has 1 heterocycles. The smallest absolute Gasteiger partial charge is 0.0621 e. The summed E-state index contributed by atoms with van der Waals surface area (Å²) in [5.74, 6) is 1.29. The van der Waals surface area contributed by atoms with Crippen molar-refractivity contribution in [1.29, 1.82) is 5.26 Å². The van der Waals surface area contributed by atoms with Crippen LogP contribution in [0.4, 0.5) is 0 Å². The Balaban J connectivity index is 2.08. The zero-order valence-corrected chi connectivity index (χ0v) is 9.85. The van der Waals surface area contributed by atoms with Crippen molar-refractivity contribution in [2.75, 3.05) is 25.4 Å². The SMILES string of the molecule is CC[C@@H]1CN(CCCCC#N)CCS1. The Morgan fingerprint density at radius 3 is 3.07 bits per heavy atom. The van der Waals surface area contributed by atoms with Crippen LogP contribution in [0.1, 0.15) is 32.6 Å². The molecule has 0 aromatic carbocycles. The molecule has 1 aliphatic rings. The predicted molar refractivity (Wildman–Crippen MR) is 62.4 cm³/mol. The van der Waals surface area contributed by atoms with Crippen LogP contribution >= 0.6 is 11.8 Å². The van der Waals surface area contributed by atoms with Gasteiger partial charge in [0.05, 0.1) is 6.07 Å². The fourth-order valence-corrected chi connectivity index (χ4v) is 3.02. The molecule has 80 valence electrons. The lowest BCUT2D eigenvalue weighted by Crippen LogP contribution is -2.38. The molecule has 1 aliphatic heterocycles. The number of nitriles is 1. The van der Waals surface area contributed by atoms with Gasteiger partial charge in [0.15, 0.2) is 0 Å². The van der Waals surface area contributed by atoms with Crippen LogP contribution < -0.4 is 0 Å². The standard InChI is InChI=1S/C11H20N2S/c1-2-11-10-13(8-9-14-11)7-5-3-4-6-12/h11H,2-5,7-10H2,1H3/t11-/m1/s1. The zero-order valence-electron chi connectivity index (χ0n) is 9.04. The minimum absolute atomic E-state index is 0.722. The molecule has 0 N–H and O–H groups in total. The molecule has 3 heteroatoms. The van der Waals surface area contributed by atoms with Gasteiger partial charge in [-0.1, -0.05) is 6.92 Å². The first-order chi connectivity index (χ1) is 6.86. The third-order valence-corrected chi connectivity index (χ3v) is 4.06. The number of thioether (sulfide) groups is 1. The van der Waals surface area contributed by atoms with Gasteiger partial charge >= 0.3 is 0 Å². The van der Waals surface area contributed by atoms with Gasteiger partial charge in [-0.2, -0.15) is 17.0 Å². The lowest BCUT2D eigenvalue weighted by molar-refractivity contribution is 0.276. The second-order valence-electron chi connectivity index (χ2n) is 3.82. The van der Waals surface area contributed by atoms with Gasteiger partial charge in [0.1, 0.15) is 0 Å². The number of hydrogen-bond acceptors (Lipinski definition) is 3. The van der Waals surface area contributed by atoms with E-state index < -0.39 is 0 Å². The van der Waals surface area contributed by atoms with Crippen molar-refractivity contribution in [1.82, 2.24) is 4.90 Å². The number of hydrogen-bond donors (Lipinski definition) is 0. The second kappa shape index (κ2) is 7.14. The molecule has 0 unspecified atom stereocenters. The van der Waals surface area contributed by atoms with Gasteiger partial charge < -0.3 is 4.90 Å². The Hall–Kier alpha value is -0.200. The molecule has 0 saturated carbocycles. The fraction of sp³-hybridized carbons (Fsp3) is 0.909. The Bertz CT molecular complexity index is 188. The van der Waals surface area contributed by atoms with Crippen LogP contribution in [-0.4, -0.2) is 35.5 Å². The summed E-state index contributed by atoms with van der Waals surface area (Å²) in [7, 11) is 0. The average molecular weight is 212 g/mol. The monoisotopic (exact) mass is 212 g/mol. The summed E-state index contributed by atoms with van der Waals surface area (Å²) in [5, 5.41) is 9.26. The fourth-order valence-electron chi connectivity index (χ4n) is 1.77. The van der Waals surface area contributed by atoms with Crippen molar-refractivity contribution in [3.05, 3.63) is 0 Å². The summed E-state index contributed by atoms with van der Waals surface area (Å²) in [6, 6.07) is 2.20. The molecule has 0 amide bonds. The first-order valence-corrected chi connectivity index (χ1v) is 6.62. The highest BCUT2D eigenvalue weighted by Crippen LogP contribution is 2.21. The molecular formula is C11H20N2S. The first kappa shape index (κ1) is 11.9. The van der Waals surface area contributed by atoms with Crippen LogP contribution in [-0.2, 0) is 0 Å². The number of rotatable bonds is 5. The van der Waals surface area contributed by atoms with Crippen molar-refractivity contribution in [2.24, 2.45) is 0 Å². The molecule has 0 bridgehead atoms. The Kier molecular flexibility index (Phi) is 6.05. The second-order valence-corrected chi connectivity index (χ2v) is 5.23. The van der Waals surface area contributed by atoms with E-state index in [1.807, 2.05) is 0 Å². The van der Waals surface area contributed by atoms with Crippen LogP contribution in [0.5, 0.6) is 0 Å². The maximum atomic E-state index is 8.42. The van der Waals surface area contributed by atoms with E-state index >= 15 is 0 Å². The van der Waals surface area contributed by atoms with Crippen LogP contribution in [0, 0.1) is 11.3 Å². The minimum atomic E-state index is 0.722. The van der Waals surface area contributed by atoms with Crippen molar-refractivity contribution < 1.29 is 0 Å². The lowest BCUT2D eigenvalue weighted by Gasteiger charge is -2.31. The molecule has 2 nitrogen and oxygen atoms in total. The largest absolute Gasteiger partial charge is 0.301 e. The molecule has 0 spiro atoms. The van der Waals surface area contributed by atoms with E-state index in [9.17, 15) is 0 Å². The van der Waals surface area contributed by atoms with Gasteiger partial charge in [0.2, 0.25) is 0 Å². The summed E-state index contributed by atoms with van der Waals surface area (Å²) in [6.07, 6.45) is 4.27. The van der Waals surface area contributed by atoms with Crippen LogP contribution in [0.25, 0.3) is 0 Å². The maximum absolute atomic E-state index is 8.42. The number of unbranched alkanes of at least 4 members (excludes halogenated alkanes) is 2. The highest BCUT2D eigenvalue weighted by atomic mass is 32.2. The van der Waals surface area contributed by atoms with E-state index in [1.165, 1.54) is 38.2 Å². The van der Waals surface area contributed by atoms with E-state index in [0.29, 0.717) is 0 Å². The van der Waals surface area contributed by atoms with Crippen LogP contribution in [0.15, 0.2) is 0 Å². The van der Waals surface area contributed by atoms with E-state index in [4.69, 9.17) is 5.26 Å². The van der Waals surface area contributed by atoms with Gasteiger partial charge in [-0.3, -0.25) is 0 Å². The molecule has 14 heavy (non-hydrogen) atoms. The van der Waals surface area contributed by atoms with Crippen LogP contribution in [0.2, 0.25) is 0 Å². The lowest BCUT2D eigenvalue weighted by atomic mass is 10.2. The Morgan fingerprint density at radius 1 is 1.50 bits per heavy atom. The van der Waals surface area contributed by atoms with E-state index in [0.717, 1.165) is 18.1 Å². The molecule has 0 aromatic heterocycles. The molecule has 1 atom stereocenters. The van der Waals surface area contributed by atoms with Crippen molar-refractivity contribution >= 4 is 11.8 Å². The minimum Gasteiger partial charge on any atom is -0.301 e. The molecule has 1 fully saturated rings. The third kappa shape index (κ3) is 4.34. The first-order valence-electron chi connectivity index (χ1n) is 5.57. The highest BCUT2D eigenvalue weighted by Gasteiger charge is 2.17. The van der Waals surface area contributed by atoms with E-state index in [2.05, 4.69) is 29.7 Å². The molecular weight excluding hydrogens is 192 g/mol. The van der Waals surface area contributed by atoms with Gasteiger partial charge in [-0.25, -0.2) is 0 Å². The molecule has 1 saturated heterocycles. The topological polar surface area (TPSA) is 27.0 Å². The van der Waals surface area contributed by atoms with Crippen molar-refractivity contribution in [3.63, 3.8) is 0 Å². The summed E-state index contributed by atoms with van der Waals surface area (Å²) in [4.78, 5) is 2.56. The van der Waals surface area contributed by atoms with Crippen molar-refractivity contribution in [2.45, 2.75) is 37.9 Å². The van der Waals surface area contributed by atoms with Crippen molar-refractivity contribution in [3.8, 4) is 6.07 Å². The third-order valence-electron chi connectivity index (χ3n) is 2.69. The maximum Gasteiger partial charge on any atom is 0.0621 e. The Morgan fingerprint density at radius 2 is 2.36 bits per heavy atom. The number of nitrogens with zero attached hydrogens (tertiary/aromatic N) is 2. The molecule has 1 rings (SSSR count). The van der Waals surface area contributed by atoms with Gasteiger partial charge in [-0.15, -0.1) is 0 Å². The summed E-state index contributed by atoms with van der Waals surface area (Å²) in [6.45, 7) is 5.97. The Labute approximate surface area is 91.7 Å². The normalized spacial score (nSPS) is 23.3. The molecule has 0 aliphatic carbocycles. The van der Waals surface area contributed by atoms with E-state index in [1.54, 1.807) is 0 Å². The molecule has 0 radical (unpaired) electrons. The van der Waals surface area contributed by atoms with Gasteiger partial charge in [-0.05, 0) is 25.8 Å². The van der Waals surface area contributed by atoms with Gasteiger partial charge in [0, 0.05) is 30.5 Å². The zero-order chi connectivity index (χ0) is 10.2. The summed E-state index contributed by atoms with van der Waals surface area (Å²) in [5.41, 5.74) is 0. The highest BCUT2D eigenvalue weighted by molar-refractivity contribution is 8.00.